The Morgan fingerprint density at radius 1 is 1.00 bits per heavy atom. The van der Waals surface area contributed by atoms with E-state index in [4.69, 9.17) is 0 Å². The van der Waals surface area contributed by atoms with Crippen LogP contribution in [0.25, 0.3) is 11.4 Å². The maximum Gasteiger partial charge on any atom is 0.272 e. The Morgan fingerprint density at radius 2 is 1.72 bits per heavy atom. The van der Waals surface area contributed by atoms with Gasteiger partial charge in [0.05, 0.1) is 0 Å². The lowest BCUT2D eigenvalue weighted by atomic mass is 10.2. The molecule has 2 heterocycles. The highest BCUT2D eigenvalue weighted by atomic mass is 16.2. The molecule has 0 spiro atoms. The van der Waals surface area contributed by atoms with Crippen LogP contribution >= 0.6 is 0 Å². The smallest absolute Gasteiger partial charge is 0.272 e. The molecule has 1 aliphatic carbocycles. The summed E-state index contributed by atoms with van der Waals surface area (Å²) in [5, 5.41) is 3.52. The van der Waals surface area contributed by atoms with Crippen molar-refractivity contribution in [2.24, 2.45) is 0 Å². The number of benzene rings is 1. The molecule has 2 aliphatic rings. The lowest BCUT2D eigenvalue weighted by Gasteiger charge is -2.17. The van der Waals surface area contributed by atoms with Crippen LogP contribution in [-0.2, 0) is 0 Å². The van der Waals surface area contributed by atoms with Crippen LogP contribution < -0.4 is 5.32 Å². The molecular formula is C20H24N4O. The predicted octanol–water partition coefficient (Wildman–Crippen LogP) is 3.73. The Bertz CT molecular complexity index is 735. The second-order valence-corrected chi connectivity index (χ2v) is 6.95. The van der Waals surface area contributed by atoms with Gasteiger partial charge < -0.3 is 10.2 Å². The summed E-state index contributed by atoms with van der Waals surface area (Å²) >= 11 is 0. The van der Waals surface area contributed by atoms with Crippen LogP contribution in [0, 0.1) is 0 Å². The van der Waals surface area contributed by atoms with Gasteiger partial charge in [0.1, 0.15) is 11.5 Å². The van der Waals surface area contributed by atoms with Crippen LogP contribution in [-0.4, -0.2) is 39.9 Å². The first-order valence-corrected chi connectivity index (χ1v) is 9.30. The monoisotopic (exact) mass is 336 g/mol. The Hall–Kier alpha value is -2.43. The van der Waals surface area contributed by atoms with Gasteiger partial charge in [-0.3, -0.25) is 4.79 Å². The summed E-state index contributed by atoms with van der Waals surface area (Å²) in [5.74, 6) is 1.40. The third-order valence-electron chi connectivity index (χ3n) is 5.08. The average Bonchev–Trinajstić information content (AvgIpc) is 3.35. The van der Waals surface area contributed by atoms with Crippen LogP contribution in [0.1, 0.15) is 49.0 Å². The quantitative estimate of drug-likeness (QED) is 0.924. The topological polar surface area (TPSA) is 58.1 Å². The summed E-state index contributed by atoms with van der Waals surface area (Å²) in [6.45, 7) is 1.66. The summed E-state index contributed by atoms with van der Waals surface area (Å²) in [6.07, 6.45) is 7.01. The average molecular weight is 336 g/mol. The van der Waals surface area contributed by atoms with E-state index in [1.807, 2.05) is 41.3 Å². The van der Waals surface area contributed by atoms with E-state index in [0.29, 0.717) is 17.6 Å². The minimum atomic E-state index is 0.0200. The number of rotatable bonds is 4. The number of amides is 1. The maximum atomic E-state index is 12.8. The third kappa shape index (κ3) is 3.65. The number of aromatic nitrogens is 2. The molecular weight excluding hydrogens is 312 g/mol. The first-order valence-electron chi connectivity index (χ1n) is 9.30. The second kappa shape index (κ2) is 7.21. The van der Waals surface area contributed by atoms with Gasteiger partial charge in [0.15, 0.2) is 5.82 Å². The number of carbonyl (C=O) groups excluding carboxylic acids is 1. The molecule has 1 aromatic carbocycles. The molecule has 5 heteroatoms. The number of hydrogen-bond donors (Lipinski definition) is 1. The zero-order chi connectivity index (χ0) is 17.1. The normalized spacial score (nSPS) is 17.8. The number of likely N-dealkylation sites (tertiary alicyclic amines) is 1. The van der Waals surface area contributed by atoms with E-state index in [9.17, 15) is 4.79 Å². The van der Waals surface area contributed by atoms with Crippen molar-refractivity contribution in [1.29, 1.82) is 0 Å². The van der Waals surface area contributed by atoms with Crippen LogP contribution in [0.5, 0.6) is 0 Å². The number of nitrogens with zero attached hydrogens (tertiary/aromatic N) is 3. The predicted molar refractivity (Wildman–Crippen MR) is 98.5 cm³/mol. The maximum absolute atomic E-state index is 12.8. The minimum absolute atomic E-state index is 0.0200. The lowest BCUT2D eigenvalue weighted by Crippen LogP contribution is -2.29. The van der Waals surface area contributed by atoms with E-state index in [1.165, 1.54) is 25.7 Å². The van der Waals surface area contributed by atoms with Gasteiger partial charge >= 0.3 is 0 Å². The van der Waals surface area contributed by atoms with Gasteiger partial charge in [-0.25, -0.2) is 9.97 Å². The van der Waals surface area contributed by atoms with E-state index in [-0.39, 0.29) is 5.91 Å². The van der Waals surface area contributed by atoms with Crippen molar-refractivity contribution < 1.29 is 4.79 Å². The number of hydrogen-bond acceptors (Lipinski definition) is 4. The number of nitrogens with one attached hydrogen (secondary N) is 1. The van der Waals surface area contributed by atoms with Crippen LogP contribution in [0.3, 0.4) is 0 Å². The summed E-state index contributed by atoms with van der Waals surface area (Å²) in [4.78, 5) is 24.0. The van der Waals surface area contributed by atoms with Gasteiger partial charge in [-0.2, -0.15) is 0 Å². The molecule has 2 aromatic rings. The van der Waals surface area contributed by atoms with Gasteiger partial charge in [0.25, 0.3) is 5.91 Å². The molecule has 1 amide bonds. The SMILES string of the molecule is O=C(c1cc(NC2CCCC2)nc(-c2ccccc2)n1)N1CCCC1. The molecule has 1 aliphatic heterocycles. The highest BCUT2D eigenvalue weighted by molar-refractivity contribution is 5.93. The van der Waals surface area contributed by atoms with Gasteiger partial charge in [-0.15, -0.1) is 0 Å². The molecule has 0 bridgehead atoms. The van der Waals surface area contributed by atoms with Crippen molar-refractivity contribution >= 4 is 11.7 Å². The van der Waals surface area contributed by atoms with Crippen LogP contribution in [0.2, 0.25) is 0 Å². The van der Waals surface area contributed by atoms with Crippen molar-refractivity contribution in [2.45, 2.75) is 44.6 Å². The van der Waals surface area contributed by atoms with Crippen LogP contribution in [0.15, 0.2) is 36.4 Å². The Kier molecular flexibility index (Phi) is 4.63. The molecule has 5 nitrogen and oxygen atoms in total. The number of carbonyl (C=O) groups is 1. The molecule has 1 saturated heterocycles. The molecule has 2 fully saturated rings. The summed E-state index contributed by atoms with van der Waals surface area (Å²) in [6, 6.07) is 12.2. The molecule has 1 N–H and O–H groups in total. The summed E-state index contributed by atoms with van der Waals surface area (Å²) < 4.78 is 0. The largest absolute Gasteiger partial charge is 0.367 e. The first-order chi connectivity index (χ1) is 12.3. The van der Waals surface area contributed by atoms with Crippen molar-refractivity contribution in [3.63, 3.8) is 0 Å². The van der Waals surface area contributed by atoms with Crippen molar-refractivity contribution in [3.8, 4) is 11.4 Å². The molecule has 4 rings (SSSR count). The molecule has 1 saturated carbocycles. The molecule has 1 aromatic heterocycles. The lowest BCUT2D eigenvalue weighted by molar-refractivity contribution is 0.0787. The van der Waals surface area contributed by atoms with Crippen LogP contribution in [0.4, 0.5) is 5.82 Å². The molecule has 0 unspecified atom stereocenters. The van der Waals surface area contributed by atoms with E-state index in [1.54, 1.807) is 0 Å². The number of anilines is 1. The van der Waals surface area contributed by atoms with Crippen molar-refractivity contribution in [1.82, 2.24) is 14.9 Å². The van der Waals surface area contributed by atoms with E-state index >= 15 is 0 Å². The fraction of sp³-hybridized carbons (Fsp3) is 0.450. The molecule has 0 radical (unpaired) electrons. The Balaban J connectivity index is 1.67. The van der Waals surface area contributed by atoms with E-state index in [2.05, 4.69) is 15.3 Å². The Morgan fingerprint density at radius 3 is 2.44 bits per heavy atom. The van der Waals surface area contributed by atoms with Gasteiger partial charge in [-0.05, 0) is 25.7 Å². The zero-order valence-electron chi connectivity index (χ0n) is 14.4. The fourth-order valence-corrected chi connectivity index (χ4v) is 3.71. The highest BCUT2D eigenvalue weighted by Crippen LogP contribution is 2.24. The minimum Gasteiger partial charge on any atom is -0.367 e. The zero-order valence-corrected chi connectivity index (χ0v) is 14.4. The van der Waals surface area contributed by atoms with E-state index < -0.39 is 0 Å². The highest BCUT2D eigenvalue weighted by Gasteiger charge is 2.23. The van der Waals surface area contributed by atoms with E-state index in [0.717, 1.165) is 37.3 Å². The Labute approximate surface area is 148 Å². The van der Waals surface area contributed by atoms with Gasteiger partial charge in [0, 0.05) is 30.8 Å². The van der Waals surface area contributed by atoms with Gasteiger partial charge in [0.2, 0.25) is 0 Å². The summed E-state index contributed by atoms with van der Waals surface area (Å²) in [5.41, 5.74) is 1.43. The van der Waals surface area contributed by atoms with Crippen molar-refractivity contribution in [3.05, 3.63) is 42.1 Å². The van der Waals surface area contributed by atoms with Crippen molar-refractivity contribution in [2.75, 3.05) is 18.4 Å². The van der Waals surface area contributed by atoms with Gasteiger partial charge in [-0.1, -0.05) is 43.2 Å². The first kappa shape index (κ1) is 16.1. The fourth-order valence-electron chi connectivity index (χ4n) is 3.71. The third-order valence-corrected chi connectivity index (χ3v) is 5.08. The molecule has 0 atom stereocenters. The summed E-state index contributed by atoms with van der Waals surface area (Å²) in [7, 11) is 0. The second-order valence-electron chi connectivity index (χ2n) is 6.95. The molecule has 25 heavy (non-hydrogen) atoms. The standard InChI is InChI=1S/C20H24N4O/c25-20(24-12-6-7-13-24)17-14-18(21-16-10-4-5-11-16)23-19(22-17)15-8-2-1-3-9-15/h1-3,8-9,14,16H,4-7,10-13H2,(H,21,22,23). The molecule has 130 valence electrons.